The predicted molar refractivity (Wildman–Crippen MR) is 68.6 cm³/mol. The lowest BCUT2D eigenvalue weighted by Crippen LogP contribution is -2.38. The van der Waals surface area contributed by atoms with Crippen molar-refractivity contribution in [1.82, 2.24) is 5.32 Å². The number of amides is 1. The third-order valence-electron chi connectivity index (χ3n) is 2.57. The largest absolute Gasteiger partial charge is 0.389 e. The van der Waals surface area contributed by atoms with Crippen molar-refractivity contribution in [2.45, 2.75) is 38.7 Å². The summed E-state index contributed by atoms with van der Waals surface area (Å²) in [6.45, 7) is 3.40. The van der Waals surface area contributed by atoms with E-state index in [1.165, 1.54) is 6.07 Å². The molecule has 0 atom stereocenters. The first-order valence-corrected chi connectivity index (χ1v) is 6.21. The van der Waals surface area contributed by atoms with E-state index in [1.54, 1.807) is 13.8 Å². The molecule has 1 aromatic carbocycles. The molecule has 5 heteroatoms. The minimum Gasteiger partial charge on any atom is -0.389 e. The summed E-state index contributed by atoms with van der Waals surface area (Å²) in [7, 11) is 0. The van der Waals surface area contributed by atoms with Crippen LogP contribution in [-0.4, -0.2) is 23.2 Å². The van der Waals surface area contributed by atoms with E-state index in [2.05, 4.69) is 5.32 Å². The summed E-state index contributed by atoms with van der Waals surface area (Å²) >= 11 is 0. The Bertz CT molecular complexity index is 442. The van der Waals surface area contributed by atoms with E-state index in [1.807, 2.05) is 0 Å². The first-order valence-electron chi connectivity index (χ1n) is 6.21. The SMILES string of the molecule is CC(C)(O)CNC(=O)CCCc1ccc(F)c(F)c1. The van der Waals surface area contributed by atoms with Crippen LogP contribution in [0.5, 0.6) is 0 Å². The molecule has 0 unspecified atom stereocenters. The second-order valence-corrected chi connectivity index (χ2v) is 5.19. The maximum absolute atomic E-state index is 12.9. The number of rotatable bonds is 6. The van der Waals surface area contributed by atoms with E-state index in [4.69, 9.17) is 0 Å². The summed E-state index contributed by atoms with van der Waals surface area (Å²) in [5.41, 5.74) is -0.273. The first-order chi connectivity index (χ1) is 8.78. The van der Waals surface area contributed by atoms with Gasteiger partial charge in [0, 0.05) is 13.0 Å². The molecule has 0 aliphatic carbocycles. The van der Waals surface area contributed by atoms with Crippen LogP contribution in [0.1, 0.15) is 32.3 Å². The van der Waals surface area contributed by atoms with Gasteiger partial charge in [-0.15, -0.1) is 0 Å². The van der Waals surface area contributed by atoms with E-state index in [0.717, 1.165) is 12.1 Å². The maximum Gasteiger partial charge on any atom is 0.220 e. The molecule has 0 aliphatic rings. The molecule has 3 nitrogen and oxygen atoms in total. The Kier molecular flexibility index (Phi) is 5.42. The molecule has 106 valence electrons. The third kappa shape index (κ3) is 6.29. The van der Waals surface area contributed by atoms with Gasteiger partial charge in [-0.1, -0.05) is 6.07 Å². The zero-order valence-corrected chi connectivity index (χ0v) is 11.2. The molecule has 0 aromatic heterocycles. The highest BCUT2D eigenvalue weighted by molar-refractivity contribution is 5.75. The van der Waals surface area contributed by atoms with Crippen LogP contribution in [0.15, 0.2) is 18.2 Å². The average Bonchev–Trinajstić information content (AvgIpc) is 2.30. The zero-order chi connectivity index (χ0) is 14.5. The van der Waals surface area contributed by atoms with Crippen LogP contribution < -0.4 is 5.32 Å². The number of nitrogens with one attached hydrogen (secondary N) is 1. The number of hydrogen-bond acceptors (Lipinski definition) is 2. The van der Waals surface area contributed by atoms with E-state index in [0.29, 0.717) is 18.4 Å². The minimum atomic E-state index is -0.935. The molecule has 1 amide bonds. The van der Waals surface area contributed by atoms with Crippen LogP contribution in [0.2, 0.25) is 0 Å². The smallest absolute Gasteiger partial charge is 0.220 e. The van der Waals surface area contributed by atoms with Gasteiger partial charge >= 0.3 is 0 Å². The summed E-state index contributed by atoms with van der Waals surface area (Å²) in [5, 5.41) is 12.0. The Hall–Kier alpha value is -1.49. The van der Waals surface area contributed by atoms with Crippen LogP contribution in [0.3, 0.4) is 0 Å². The number of carbonyl (C=O) groups excluding carboxylic acids is 1. The summed E-state index contributed by atoms with van der Waals surface area (Å²) in [4.78, 5) is 11.4. The third-order valence-corrected chi connectivity index (χ3v) is 2.57. The number of benzene rings is 1. The Balaban J connectivity index is 2.30. The van der Waals surface area contributed by atoms with Crippen molar-refractivity contribution in [3.05, 3.63) is 35.4 Å². The van der Waals surface area contributed by atoms with E-state index in [-0.39, 0.29) is 18.9 Å². The molecule has 1 aromatic rings. The Morgan fingerprint density at radius 2 is 2.00 bits per heavy atom. The molecule has 2 N–H and O–H groups in total. The topological polar surface area (TPSA) is 49.3 Å². The fourth-order valence-corrected chi connectivity index (χ4v) is 1.55. The Labute approximate surface area is 111 Å². The Morgan fingerprint density at radius 1 is 1.32 bits per heavy atom. The maximum atomic E-state index is 12.9. The minimum absolute atomic E-state index is 0.162. The molecule has 0 radical (unpaired) electrons. The summed E-state index contributed by atoms with van der Waals surface area (Å²) in [6, 6.07) is 3.73. The first kappa shape index (κ1) is 15.6. The van der Waals surface area contributed by atoms with Crippen LogP contribution in [0.25, 0.3) is 0 Å². The fourth-order valence-electron chi connectivity index (χ4n) is 1.55. The molecule has 0 bridgehead atoms. The molecule has 19 heavy (non-hydrogen) atoms. The van der Waals surface area contributed by atoms with Crippen LogP contribution >= 0.6 is 0 Å². The van der Waals surface area contributed by atoms with Crippen molar-refractivity contribution < 1.29 is 18.7 Å². The van der Waals surface area contributed by atoms with Crippen molar-refractivity contribution in [2.75, 3.05) is 6.54 Å². The monoisotopic (exact) mass is 271 g/mol. The van der Waals surface area contributed by atoms with Gasteiger partial charge in [0.1, 0.15) is 0 Å². The Morgan fingerprint density at radius 3 is 2.58 bits per heavy atom. The number of hydrogen-bond donors (Lipinski definition) is 2. The lowest BCUT2D eigenvalue weighted by atomic mass is 10.1. The summed E-state index contributed by atoms with van der Waals surface area (Å²) in [5.74, 6) is -1.90. The molecule has 0 aliphatic heterocycles. The van der Waals surface area contributed by atoms with Crippen LogP contribution in [0.4, 0.5) is 8.78 Å². The highest BCUT2D eigenvalue weighted by Gasteiger charge is 2.13. The standard InChI is InChI=1S/C14H19F2NO2/c1-14(2,19)9-17-13(18)5-3-4-10-6-7-11(15)12(16)8-10/h6-8,19H,3-5,9H2,1-2H3,(H,17,18). The van der Waals surface area contributed by atoms with Crippen LogP contribution in [-0.2, 0) is 11.2 Å². The van der Waals surface area contributed by atoms with Gasteiger partial charge in [-0.25, -0.2) is 8.78 Å². The van der Waals surface area contributed by atoms with Crippen molar-refractivity contribution in [1.29, 1.82) is 0 Å². The molecule has 0 heterocycles. The van der Waals surface area contributed by atoms with Gasteiger partial charge in [-0.3, -0.25) is 4.79 Å². The van der Waals surface area contributed by atoms with Gasteiger partial charge in [-0.2, -0.15) is 0 Å². The fraction of sp³-hybridized carbons (Fsp3) is 0.500. The van der Waals surface area contributed by atoms with Gasteiger partial charge in [0.2, 0.25) is 5.91 Å². The van der Waals surface area contributed by atoms with E-state index in [9.17, 15) is 18.7 Å². The number of aryl methyl sites for hydroxylation is 1. The molecule has 0 spiro atoms. The number of carbonyl (C=O) groups is 1. The van der Waals surface area contributed by atoms with Crippen molar-refractivity contribution in [2.24, 2.45) is 0 Å². The van der Waals surface area contributed by atoms with Gasteiger partial charge in [0.25, 0.3) is 0 Å². The van der Waals surface area contributed by atoms with Gasteiger partial charge < -0.3 is 10.4 Å². The average molecular weight is 271 g/mol. The highest BCUT2D eigenvalue weighted by Crippen LogP contribution is 2.11. The van der Waals surface area contributed by atoms with Crippen LogP contribution in [0, 0.1) is 11.6 Å². The number of halogens is 2. The zero-order valence-electron chi connectivity index (χ0n) is 11.2. The van der Waals surface area contributed by atoms with Crippen molar-refractivity contribution in [3.8, 4) is 0 Å². The molecular weight excluding hydrogens is 252 g/mol. The number of aliphatic hydroxyl groups is 1. The normalized spacial score (nSPS) is 11.4. The van der Waals surface area contributed by atoms with E-state index < -0.39 is 17.2 Å². The van der Waals surface area contributed by atoms with Crippen molar-refractivity contribution >= 4 is 5.91 Å². The second kappa shape index (κ2) is 6.61. The molecule has 0 saturated heterocycles. The molecular formula is C14H19F2NO2. The molecule has 0 saturated carbocycles. The van der Waals surface area contributed by atoms with E-state index >= 15 is 0 Å². The van der Waals surface area contributed by atoms with Gasteiger partial charge in [-0.05, 0) is 44.4 Å². The molecule has 1 rings (SSSR count). The lowest BCUT2D eigenvalue weighted by Gasteiger charge is -2.17. The highest BCUT2D eigenvalue weighted by atomic mass is 19.2. The second-order valence-electron chi connectivity index (χ2n) is 5.19. The van der Waals surface area contributed by atoms with Crippen molar-refractivity contribution in [3.63, 3.8) is 0 Å². The van der Waals surface area contributed by atoms with Gasteiger partial charge in [0.15, 0.2) is 11.6 Å². The molecule has 0 fully saturated rings. The summed E-state index contributed by atoms with van der Waals surface area (Å²) in [6.07, 6.45) is 1.34. The lowest BCUT2D eigenvalue weighted by molar-refractivity contribution is -0.122. The predicted octanol–water partition coefficient (Wildman–Crippen LogP) is 2.17. The van der Waals surface area contributed by atoms with Gasteiger partial charge in [0.05, 0.1) is 5.60 Å². The quantitative estimate of drug-likeness (QED) is 0.833. The summed E-state index contributed by atoms with van der Waals surface area (Å²) < 4.78 is 25.6.